The first kappa shape index (κ1) is 26.5. The SMILES string of the molecule is CCC(C)(NC(=O)c1cccc2[nH]c(C(C)C)nc12)C1CCN(CC2CCN(C(=O)OC)CC2)CC1. The van der Waals surface area contributed by atoms with Crippen LogP contribution >= 0.6 is 0 Å². The van der Waals surface area contributed by atoms with Crippen LogP contribution in [0.3, 0.4) is 0 Å². The van der Waals surface area contributed by atoms with E-state index in [2.05, 4.69) is 42.9 Å². The van der Waals surface area contributed by atoms with Gasteiger partial charge in [0.15, 0.2) is 0 Å². The maximum atomic E-state index is 13.5. The van der Waals surface area contributed by atoms with Crippen LogP contribution in [0, 0.1) is 11.8 Å². The molecular weight excluding hydrogens is 454 g/mol. The molecular formula is C28H43N5O3. The van der Waals surface area contributed by atoms with E-state index in [1.807, 2.05) is 23.1 Å². The number of hydrogen-bond acceptors (Lipinski definition) is 5. The summed E-state index contributed by atoms with van der Waals surface area (Å²) < 4.78 is 4.86. The Morgan fingerprint density at radius 1 is 1.17 bits per heavy atom. The number of aromatic amines is 1. The molecule has 36 heavy (non-hydrogen) atoms. The molecule has 1 aromatic carbocycles. The number of hydrogen-bond donors (Lipinski definition) is 2. The molecule has 0 saturated carbocycles. The van der Waals surface area contributed by atoms with Crippen LogP contribution in [0.1, 0.15) is 81.9 Å². The first-order valence-corrected chi connectivity index (χ1v) is 13.6. The summed E-state index contributed by atoms with van der Waals surface area (Å²) in [5.74, 6) is 2.22. The van der Waals surface area contributed by atoms with E-state index in [4.69, 9.17) is 9.72 Å². The van der Waals surface area contributed by atoms with Gasteiger partial charge in [-0.2, -0.15) is 0 Å². The zero-order valence-electron chi connectivity index (χ0n) is 22.6. The van der Waals surface area contributed by atoms with Gasteiger partial charge >= 0.3 is 6.09 Å². The summed E-state index contributed by atoms with van der Waals surface area (Å²) in [5.41, 5.74) is 2.06. The number of methoxy groups -OCH3 is 1. The lowest BCUT2D eigenvalue weighted by Gasteiger charge is -2.44. The fourth-order valence-corrected chi connectivity index (χ4v) is 5.86. The predicted molar refractivity (Wildman–Crippen MR) is 142 cm³/mol. The van der Waals surface area contributed by atoms with Crippen molar-refractivity contribution in [1.29, 1.82) is 0 Å². The van der Waals surface area contributed by atoms with E-state index >= 15 is 0 Å². The summed E-state index contributed by atoms with van der Waals surface area (Å²) in [5, 5.41) is 3.42. The van der Waals surface area contributed by atoms with E-state index in [-0.39, 0.29) is 23.5 Å². The Balaban J connectivity index is 1.33. The Bertz CT molecular complexity index is 1050. The van der Waals surface area contributed by atoms with Crippen LogP contribution in [0.2, 0.25) is 0 Å². The highest BCUT2D eigenvalue weighted by molar-refractivity contribution is 6.05. The van der Waals surface area contributed by atoms with Crippen LogP contribution in [-0.4, -0.2) is 77.1 Å². The summed E-state index contributed by atoms with van der Waals surface area (Å²) in [6.07, 6.45) is 4.91. The third kappa shape index (κ3) is 5.69. The van der Waals surface area contributed by atoms with Crippen molar-refractivity contribution in [2.24, 2.45) is 11.8 Å². The summed E-state index contributed by atoms with van der Waals surface area (Å²) in [7, 11) is 1.45. The number of nitrogens with one attached hydrogen (secondary N) is 2. The van der Waals surface area contributed by atoms with Crippen molar-refractivity contribution in [2.45, 2.75) is 71.3 Å². The molecule has 1 unspecified atom stereocenters. The van der Waals surface area contributed by atoms with Crippen molar-refractivity contribution in [3.05, 3.63) is 29.6 Å². The lowest BCUT2D eigenvalue weighted by Crippen LogP contribution is -2.54. The number of nitrogens with zero attached hydrogens (tertiary/aromatic N) is 3. The molecule has 1 aromatic heterocycles. The predicted octanol–water partition coefficient (Wildman–Crippen LogP) is 4.78. The number of imidazole rings is 1. The number of aromatic nitrogens is 2. The molecule has 2 fully saturated rings. The average Bonchev–Trinajstić information content (AvgIpc) is 3.34. The molecule has 2 aliphatic rings. The second-order valence-corrected chi connectivity index (χ2v) is 11.2. The number of rotatable bonds is 7. The molecule has 2 saturated heterocycles. The fraction of sp³-hybridized carbons (Fsp3) is 0.679. The molecule has 0 radical (unpaired) electrons. The Labute approximate surface area is 215 Å². The quantitative estimate of drug-likeness (QED) is 0.575. The Morgan fingerprint density at radius 3 is 2.47 bits per heavy atom. The molecule has 2 aromatic rings. The van der Waals surface area contributed by atoms with E-state index in [1.54, 1.807) is 0 Å². The molecule has 4 rings (SSSR count). The van der Waals surface area contributed by atoms with Crippen molar-refractivity contribution in [1.82, 2.24) is 25.1 Å². The van der Waals surface area contributed by atoms with Crippen LogP contribution in [0.15, 0.2) is 18.2 Å². The van der Waals surface area contributed by atoms with Crippen LogP contribution in [0.5, 0.6) is 0 Å². The van der Waals surface area contributed by atoms with Gasteiger partial charge < -0.3 is 24.8 Å². The van der Waals surface area contributed by atoms with E-state index in [0.29, 0.717) is 17.4 Å². The molecule has 3 heterocycles. The molecule has 2 N–H and O–H groups in total. The number of H-pyrrole nitrogens is 1. The molecule has 0 bridgehead atoms. The van der Waals surface area contributed by atoms with E-state index < -0.39 is 0 Å². The number of likely N-dealkylation sites (tertiary alicyclic amines) is 2. The van der Waals surface area contributed by atoms with Gasteiger partial charge in [0.2, 0.25) is 0 Å². The third-order valence-corrected chi connectivity index (χ3v) is 8.51. The third-order valence-electron chi connectivity index (χ3n) is 8.51. The normalized spacial score (nSPS) is 20.0. The minimum atomic E-state index is -0.256. The van der Waals surface area contributed by atoms with Gasteiger partial charge in [-0.1, -0.05) is 26.8 Å². The molecule has 198 valence electrons. The maximum Gasteiger partial charge on any atom is 0.409 e. The molecule has 2 amide bonds. The zero-order valence-corrected chi connectivity index (χ0v) is 22.6. The highest BCUT2D eigenvalue weighted by Crippen LogP contribution is 2.32. The highest BCUT2D eigenvalue weighted by Gasteiger charge is 2.37. The number of benzene rings is 1. The second kappa shape index (κ2) is 11.2. The molecule has 8 nitrogen and oxygen atoms in total. The summed E-state index contributed by atoms with van der Waals surface area (Å²) >= 11 is 0. The van der Waals surface area contributed by atoms with E-state index in [0.717, 1.165) is 81.7 Å². The fourth-order valence-electron chi connectivity index (χ4n) is 5.86. The molecule has 0 aliphatic carbocycles. The van der Waals surface area contributed by atoms with Gasteiger partial charge in [0.1, 0.15) is 11.3 Å². The lowest BCUT2D eigenvalue weighted by atomic mass is 9.77. The van der Waals surface area contributed by atoms with Gasteiger partial charge in [-0.15, -0.1) is 0 Å². The minimum absolute atomic E-state index is 0.0356. The van der Waals surface area contributed by atoms with Crippen molar-refractivity contribution in [3.63, 3.8) is 0 Å². The van der Waals surface area contributed by atoms with Gasteiger partial charge in [0, 0.05) is 31.1 Å². The number of carbonyl (C=O) groups excluding carboxylic acids is 2. The van der Waals surface area contributed by atoms with Crippen molar-refractivity contribution in [2.75, 3.05) is 39.8 Å². The standard InChI is InChI=1S/C28H43N5O3/c1-6-28(4,31-26(34)22-8-7-9-23-24(22)30-25(29-23)19(2)3)21-12-14-32(15-13-21)18-20-10-16-33(17-11-20)27(35)36-5/h7-9,19-21H,6,10-18H2,1-5H3,(H,29,30)(H,31,34). The lowest BCUT2D eigenvalue weighted by molar-refractivity contribution is 0.0690. The first-order chi connectivity index (χ1) is 17.2. The second-order valence-electron chi connectivity index (χ2n) is 11.2. The van der Waals surface area contributed by atoms with Gasteiger partial charge in [-0.3, -0.25) is 4.79 Å². The van der Waals surface area contributed by atoms with Gasteiger partial charge in [0.25, 0.3) is 5.91 Å². The van der Waals surface area contributed by atoms with Crippen molar-refractivity contribution in [3.8, 4) is 0 Å². The number of piperidine rings is 2. The summed E-state index contributed by atoms with van der Waals surface area (Å²) in [6.45, 7) is 13.4. The number of para-hydroxylation sites is 1. The monoisotopic (exact) mass is 497 g/mol. The van der Waals surface area contributed by atoms with Crippen molar-refractivity contribution >= 4 is 23.0 Å². The van der Waals surface area contributed by atoms with Gasteiger partial charge in [0.05, 0.1) is 18.2 Å². The molecule has 2 aliphatic heterocycles. The average molecular weight is 498 g/mol. The maximum absolute atomic E-state index is 13.5. The number of carbonyl (C=O) groups is 2. The van der Waals surface area contributed by atoms with E-state index in [1.165, 1.54) is 7.11 Å². The van der Waals surface area contributed by atoms with Crippen LogP contribution < -0.4 is 5.32 Å². The Morgan fingerprint density at radius 2 is 1.86 bits per heavy atom. The number of ether oxygens (including phenoxy) is 1. The zero-order chi connectivity index (χ0) is 25.9. The Kier molecular flexibility index (Phi) is 8.23. The van der Waals surface area contributed by atoms with Crippen LogP contribution in [0.25, 0.3) is 11.0 Å². The smallest absolute Gasteiger partial charge is 0.409 e. The van der Waals surface area contributed by atoms with Gasteiger partial charge in [-0.25, -0.2) is 9.78 Å². The Hall–Kier alpha value is -2.61. The minimum Gasteiger partial charge on any atom is -0.453 e. The first-order valence-electron chi connectivity index (χ1n) is 13.6. The van der Waals surface area contributed by atoms with Gasteiger partial charge in [-0.05, 0) is 76.1 Å². The van der Waals surface area contributed by atoms with Crippen LogP contribution in [0.4, 0.5) is 4.79 Å². The molecule has 0 spiro atoms. The summed E-state index contributed by atoms with van der Waals surface area (Å²) in [6, 6.07) is 5.79. The highest BCUT2D eigenvalue weighted by atomic mass is 16.5. The molecule has 8 heteroatoms. The topological polar surface area (TPSA) is 90.6 Å². The van der Waals surface area contributed by atoms with E-state index in [9.17, 15) is 9.59 Å². The number of fused-ring (bicyclic) bond motifs is 1. The largest absolute Gasteiger partial charge is 0.453 e. The summed E-state index contributed by atoms with van der Waals surface area (Å²) in [4.78, 5) is 37.7. The molecule has 1 atom stereocenters. The van der Waals surface area contributed by atoms with Crippen molar-refractivity contribution < 1.29 is 14.3 Å². The van der Waals surface area contributed by atoms with Crippen LogP contribution in [-0.2, 0) is 4.74 Å². The number of amides is 2.